The summed E-state index contributed by atoms with van der Waals surface area (Å²) in [7, 11) is 0. The van der Waals surface area contributed by atoms with Gasteiger partial charge in [0.15, 0.2) is 0 Å². The molecule has 2 unspecified atom stereocenters. The lowest BCUT2D eigenvalue weighted by Gasteiger charge is -2.19. The van der Waals surface area contributed by atoms with E-state index in [1.165, 1.54) is 199 Å². The van der Waals surface area contributed by atoms with Gasteiger partial charge in [-0.1, -0.05) is 224 Å². The summed E-state index contributed by atoms with van der Waals surface area (Å²) >= 11 is 0. The first-order chi connectivity index (χ1) is 26.2. The van der Waals surface area contributed by atoms with Gasteiger partial charge in [0.2, 0.25) is 5.91 Å². The number of unbranched alkanes of at least 4 members (excludes halogenated alkanes) is 32. The van der Waals surface area contributed by atoms with Gasteiger partial charge in [0, 0.05) is 6.42 Å². The molecule has 0 bridgehead atoms. The Balaban J connectivity index is 3.56. The molecule has 0 saturated carbocycles. The van der Waals surface area contributed by atoms with Crippen molar-refractivity contribution >= 4 is 5.91 Å². The normalized spacial score (nSPS) is 13.2. The number of carbonyl (C=O) groups excluding carboxylic acids is 1. The topological polar surface area (TPSA) is 69.6 Å². The maximum Gasteiger partial charge on any atom is 0.220 e. The van der Waals surface area contributed by atoms with Gasteiger partial charge in [0.05, 0.1) is 18.8 Å². The van der Waals surface area contributed by atoms with Crippen LogP contribution in [0.5, 0.6) is 0 Å². The standard InChI is InChI=1S/C49H93NO3/c1-3-5-7-9-11-13-15-17-19-21-22-23-24-25-26-27-29-31-33-35-37-39-41-43-45-49(53)50-47(46-51)48(52)44-42-40-38-36-34-32-30-28-20-18-16-14-12-10-8-6-4-2/h25-26,34,36,42,44,47-48,51-52H,3-24,27-33,35,37-41,43,45-46H2,1-2H3,(H,50,53)/b26-25-,36-34+,44-42+. The zero-order valence-electron chi connectivity index (χ0n) is 35.8. The summed E-state index contributed by atoms with van der Waals surface area (Å²) in [6, 6.07) is -0.639. The Morgan fingerprint density at radius 3 is 1.09 bits per heavy atom. The van der Waals surface area contributed by atoms with Crippen LogP contribution in [0.3, 0.4) is 0 Å². The maximum absolute atomic E-state index is 12.4. The molecule has 3 N–H and O–H groups in total. The molecule has 4 nitrogen and oxygen atoms in total. The molecule has 0 aromatic rings. The highest BCUT2D eigenvalue weighted by atomic mass is 16.3. The molecule has 0 saturated heterocycles. The molecule has 0 aromatic carbocycles. The monoisotopic (exact) mass is 744 g/mol. The summed E-state index contributed by atoms with van der Waals surface area (Å²) in [6.45, 7) is 4.31. The molecule has 0 fully saturated rings. The van der Waals surface area contributed by atoms with Crippen LogP contribution < -0.4 is 5.32 Å². The quantitative estimate of drug-likeness (QED) is 0.0430. The largest absolute Gasteiger partial charge is 0.394 e. The summed E-state index contributed by atoms with van der Waals surface area (Å²) in [5.41, 5.74) is 0. The predicted molar refractivity (Wildman–Crippen MR) is 235 cm³/mol. The van der Waals surface area contributed by atoms with Crippen LogP contribution in [-0.2, 0) is 4.79 Å². The molecule has 0 aliphatic heterocycles. The van der Waals surface area contributed by atoms with Crippen LogP contribution in [0.15, 0.2) is 36.5 Å². The Morgan fingerprint density at radius 2 is 0.736 bits per heavy atom. The first-order valence-electron chi connectivity index (χ1n) is 23.7. The van der Waals surface area contributed by atoms with E-state index in [0.717, 1.165) is 32.1 Å². The fourth-order valence-corrected chi connectivity index (χ4v) is 7.19. The minimum atomic E-state index is -0.862. The Kier molecular flexibility index (Phi) is 43.8. The smallest absolute Gasteiger partial charge is 0.220 e. The SMILES string of the molecule is CCCCCCCCCCCCC/C=C/CC/C=C/C(O)C(CO)NC(=O)CCCCCCCCCC/C=C\CCCCCCCCCCCCCC. The van der Waals surface area contributed by atoms with Gasteiger partial charge < -0.3 is 15.5 Å². The zero-order valence-corrected chi connectivity index (χ0v) is 35.8. The lowest BCUT2D eigenvalue weighted by atomic mass is 10.0. The first kappa shape index (κ1) is 51.6. The number of nitrogens with one attached hydrogen (secondary N) is 1. The predicted octanol–water partition coefficient (Wildman–Crippen LogP) is 15.0. The Hall–Kier alpha value is -1.39. The van der Waals surface area contributed by atoms with Gasteiger partial charge >= 0.3 is 0 Å². The van der Waals surface area contributed by atoms with Gasteiger partial charge in [-0.15, -0.1) is 0 Å². The van der Waals surface area contributed by atoms with E-state index in [1.54, 1.807) is 6.08 Å². The molecule has 0 rings (SSSR count). The fraction of sp³-hybridized carbons (Fsp3) is 0.857. The van der Waals surface area contributed by atoms with Crippen molar-refractivity contribution in [2.24, 2.45) is 0 Å². The van der Waals surface area contributed by atoms with Crippen LogP contribution in [-0.4, -0.2) is 34.9 Å². The van der Waals surface area contributed by atoms with E-state index in [1.807, 2.05) is 6.08 Å². The van der Waals surface area contributed by atoms with Crippen molar-refractivity contribution in [1.82, 2.24) is 5.32 Å². The zero-order chi connectivity index (χ0) is 38.6. The van der Waals surface area contributed by atoms with Gasteiger partial charge in [-0.2, -0.15) is 0 Å². The molecule has 0 aromatic heterocycles. The molecule has 0 radical (unpaired) electrons. The van der Waals surface area contributed by atoms with Gasteiger partial charge in [-0.25, -0.2) is 0 Å². The summed E-state index contributed by atoms with van der Waals surface area (Å²) in [6.07, 6.45) is 59.8. The van der Waals surface area contributed by atoms with Crippen LogP contribution in [0.4, 0.5) is 0 Å². The first-order valence-corrected chi connectivity index (χ1v) is 23.7. The van der Waals surface area contributed by atoms with Crippen molar-refractivity contribution in [3.05, 3.63) is 36.5 Å². The Labute approximate surface area is 331 Å². The van der Waals surface area contributed by atoms with E-state index in [2.05, 4.69) is 43.5 Å². The third kappa shape index (κ3) is 41.6. The van der Waals surface area contributed by atoms with Crippen molar-refractivity contribution in [2.45, 2.75) is 264 Å². The van der Waals surface area contributed by atoms with Gasteiger partial charge in [0.25, 0.3) is 0 Å². The summed E-state index contributed by atoms with van der Waals surface area (Å²) < 4.78 is 0. The van der Waals surface area contributed by atoms with E-state index in [0.29, 0.717) is 6.42 Å². The minimum Gasteiger partial charge on any atom is -0.394 e. The molecule has 4 heteroatoms. The highest BCUT2D eigenvalue weighted by molar-refractivity contribution is 5.76. The van der Waals surface area contributed by atoms with E-state index < -0.39 is 12.1 Å². The summed E-state index contributed by atoms with van der Waals surface area (Å²) in [5, 5.41) is 23.0. The van der Waals surface area contributed by atoms with Crippen molar-refractivity contribution < 1.29 is 15.0 Å². The second-order valence-electron chi connectivity index (χ2n) is 16.2. The molecular weight excluding hydrogens is 651 g/mol. The molecule has 53 heavy (non-hydrogen) atoms. The van der Waals surface area contributed by atoms with Gasteiger partial charge in [-0.3, -0.25) is 4.79 Å². The van der Waals surface area contributed by atoms with Gasteiger partial charge in [0.1, 0.15) is 0 Å². The van der Waals surface area contributed by atoms with Crippen LogP contribution in [0.25, 0.3) is 0 Å². The van der Waals surface area contributed by atoms with Crippen LogP contribution in [0.1, 0.15) is 251 Å². The van der Waals surface area contributed by atoms with Crippen LogP contribution in [0.2, 0.25) is 0 Å². The highest BCUT2D eigenvalue weighted by Gasteiger charge is 2.17. The summed E-state index contributed by atoms with van der Waals surface area (Å²) in [5.74, 6) is -0.0753. The third-order valence-corrected chi connectivity index (χ3v) is 10.8. The number of hydrogen-bond acceptors (Lipinski definition) is 3. The van der Waals surface area contributed by atoms with E-state index in [-0.39, 0.29) is 12.5 Å². The number of rotatable bonds is 43. The lowest BCUT2D eigenvalue weighted by Crippen LogP contribution is -2.45. The number of allylic oxidation sites excluding steroid dienone is 5. The number of aliphatic hydroxyl groups excluding tert-OH is 2. The maximum atomic E-state index is 12.4. The van der Waals surface area contributed by atoms with Crippen molar-refractivity contribution in [3.8, 4) is 0 Å². The third-order valence-electron chi connectivity index (χ3n) is 10.8. The van der Waals surface area contributed by atoms with Crippen LogP contribution in [0, 0.1) is 0 Å². The Morgan fingerprint density at radius 1 is 0.434 bits per heavy atom. The molecule has 312 valence electrons. The molecule has 1 amide bonds. The second kappa shape index (κ2) is 45.0. The fourth-order valence-electron chi connectivity index (χ4n) is 7.19. The average Bonchev–Trinajstić information content (AvgIpc) is 3.16. The molecule has 0 spiro atoms. The van der Waals surface area contributed by atoms with E-state index >= 15 is 0 Å². The number of amides is 1. The molecule has 0 aliphatic carbocycles. The highest BCUT2D eigenvalue weighted by Crippen LogP contribution is 2.15. The average molecular weight is 744 g/mol. The van der Waals surface area contributed by atoms with E-state index in [4.69, 9.17) is 0 Å². The minimum absolute atomic E-state index is 0.0753. The number of carbonyl (C=O) groups is 1. The van der Waals surface area contributed by atoms with E-state index in [9.17, 15) is 15.0 Å². The van der Waals surface area contributed by atoms with Crippen molar-refractivity contribution in [1.29, 1.82) is 0 Å². The molecule has 0 heterocycles. The second-order valence-corrected chi connectivity index (χ2v) is 16.2. The van der Waals surface area contributed by atoms with Crippen molar-refractivity contribution in [3.63, 3.8) is 0 Å². The molecular formula is C49H93NO3. The lowest BCUT2D eigenvalue weighted by molar-refractivity contribution is -0.123. The molecule has 2 atom stereocenters. The molecule has 0 aliphatic rings. The van der Waals surface area contributed by atoms with Gasteiger partial charge in [-0.05, 0) is 57.8 Å². The van der Waals surface area contributed by atoms with Crippen molar-refractivity contribution in [2.75, 3.05) is 6.61 Å². The van der Waals surface area contributed by atoms with Crippen LogP contribution >= 0.6 is 0 Å². The summed E-state index contributed by atoms with van der Waals surface area (Å²) in [4.78, 5) is 12.4. The number of hydrogen-bond donors (Lipinski definition) is 3. The number of aliphatic hydroxyl groups is 2. The Bertz CT molecular complexity index is 806.